The highest BCUT2D eigenvalue weighted by Crippen LogP contribution is 2.13. The van der Waals surface area contributed by atoms with Crippen molar-refractivity contribution in [3.8, 4) is 0 Å². The lowest BCUT2D eigenvalue weighted by Crippen LogP contribution is -2.36. The maximum atomic E-state index is 11.9. The Kier molecular flexibility index (Phi) is 4.88. The van der Waals surface area contributed by atoms with Crippen molar-refractivity contribution in [1.29, 1.82) is 0 Å². The molecule has 1 aromatic heterocycles. The molecule has 0 saturated carbocycles. The predicted molar refractivity (Wildman–Crippen MR) is 80.3 cm³/mol. The zero-order valence-electron chi connectivity index (χ0n) is 12.4. The van der Waals surface area contributed by atoms with Gasteiger partial charge in [0.2, 0.25) is 0 Å². The zero-order valence-corrected chi connectivity index (χ0v) is 12.4. The molecule has 2 rings (SSSR count). The van der Waals surface area contributed by atoms with E-state index in [2.05, 4.69) is 15.5 Å². The first-order valence-corrected chi connectivity index (χ1v) is 6.96. The van der Waals surface area contributed by atoms with E-state index in [0.29, 0.717) is 23.0 Å². The third-order valence-electron chi connectivity index (χ3n) is 3.12. The highest BCUT2D eigenvalue weighted by Gasteiger charge is 2.18. The van der Waals surface area contributed by atoms with E-state index in [0.717, 1.165) is 0 Å². The van der Waals surface area contributed by atoms with Gasteiger partial charge in [-0.1, -0.05) is 18.2 Å². The molecule has 7 nitrogen and oxygen atoms in total. The van der Waals surface area contributed by atoms with Gasteiger partial charge in [0.15, 0.2) is 6.10 Å². The van der Waals surface area contributed by atoms with Gasteiger partial charge in [-0.3, -0.25) is 14.4 Å². The van der Waals surface area contributed by atoms with Gasteiger partial charge in [0.1, 0.15) is 0 Å². The lowest BCUT2D eigenvalue weighted by molar-refractivity contribution is -0.154. The Bertz CT molecular complexity index is 754. The number of H-pyrrole nitrogens is 1. The molecule has 7 heteroatoms. The number of aromatic amines is 1. The average molecular weight is 303 g/mol. The Morgan fingerprint density at radius 2 is 2.00 bits per heavy atom. The van der Waals surface area contributed by atoms with Crippen LogP contribution < -0.4 is 10.9 Å². The average Bonchev–Trinajstić information content (AvgIpc) is 2.50. The van der Waals surface area contributed by atoms with Crippen LogP contribution in [0.1, 0.15) is 19.5 Å². The Labute approximate surface area is 126 Å². The molecular weight excluding hydrogens is 286 g/mol. The Balaban J connectivity index is 2.14. The van der Waals surface area contributed by atoms with Gasteiger partial charge >= 0.3 is 5.97 Å². The third-order valence-corrected chi connectivity index (χ3v) is 3.12. The van der Waals surface area contributed by atoms with Crippen molar-refractivity contribution in [3.63, 3.8) is 0 Å². The summed E-state index contributed by atoms with van der Waals surface area (Å²) in [6.07, 6.45) is -0.998. The first-order valence-electron chi connectivity index (χ1n) is 6.96. The van der Waals surface area contributed by atoms with E-state index in [-0.39, 0.29) is 17.9 Å². The van der Waals surface area contributed by atoms with Crippen LogP contribution in [-0.2, 0) is 20.7 Å². The van der Waals surface area contributed by atoms with Crippen molar-refractivity contribution in [3.05, 3.63) is 40.3 Å². The molecule has 0 aliphatic rings. The van der Waals surface area contributed by atoms with E-state index in [4.69, 9.17) is 4.74 Å². The third kappa shape index (κ3) is 3.49. The van der Waals surface area contributed by atoms with Gasteiger partial charge in [0, 0.05) is 11.9 Å². The second kappa shape index (κ2) is 6.84. The minimum Gasteiger partial charge on any atom is -0.452 e. The van der Waals surface area contributed by atoms with E-state index in [1.165, 1.54) is 6.92 Å². The van der Waals surface area contributed by atoms with Crippen LogP contribution in [0.4, 0.5) is 0 Å². The second-order valence-corrected chi connectivity index (χ2v) is 4.75. The number of esters is 1. The molecule has 0 aliphatic carbocycles. The van der Waals surface area contributed by atoms with E-state index in [1.807, 2.05) is 0 Å². The van der Waals surface area contributed by atoms with Gasteiger partial charge in [-0.2, -0.15) is 5.10 Å². The predicted octanol–water partition coefficient (Wildman–Crippen LogP) is 0.533. The van der Waals surface area contributed by atoms with Gasteiger partial charge in [-0.05, 0) is 19.9 Å². The van der Waals surface area contributed by atoms with E-state index in [9.17, 15) is 14.4 Å². The summed E-state index contributed by atoms with van der Waals surface area (Å²) in [4.78, 5) is 35.1. The summed E-state index contributed by atoms with van der Waals surface area (Å²) in [6, 6.07) is 6.86. The maximum absolute atomic E-state index is 11.9. The maximum Gasteiger partial charge on any atom is 0.312 e. The minimum atomic E-state index is -0.874. The van der Waals surface area contributed by atoms with Crippen molar-refractivity contribution in [1.82, 2.24) is 15.5 Å². The number of rotatable bonds is 5. The van der Waals surface area contributed by atoms with Gasteiger partial charge in [0.05, 0.1) is 17.5 Å². The van der Waals surface area contributed by atoms with Crippen LogP contribution in [-0.4, -0.2) is 34.7 Å². The molecule has 0 fully saturated rings. The van der Waals surface area contributed by atoms with Crippen molar-refractivity contribution in [2.24, 2.45) is 0 Å². The molecule has 0 spiro atoms. The first kappa shape index (κ1) is 15.7. The Morgan fingerprint density at radius 1 is 1.32 bits per heavy atom. The number of ether oxygens (including phenoxy) is 1. The highest BCUT2D eigenvalue weighted by molar-refractivity contribution is 5.88. The van der Waals surface area contributed by atoms with Crippen LogP contribution in [0.2, 0.25) is 0 Å². The van der Waals surface area contributed by atoms with Crippen molar-refractivity contribution in [2.45, 2.75) is 26.4 Å². The highest BCUT2D eigenvalue weighted by atomic mass is 16.5. The molecule has 2 N–H and O–H groups in total. The quantitative estimate of drug-likeness (QED) is 0.785. The first-order chi connectivity index (χ1) is 10.5. The lowest BCUT2D eigenvalue weighted by atomic mass is 10.1. The molecule has 116 valence electrons. The fourth-order valence-corrected chi connectivity index (χ4v) is 2.05. The molecule has 22 heavy (non-hydrogen) atoms. The largest absolute Gasteiger partial charge is 0.452 e. The number of carbonyl (C=O) groups excluding carboxylic acids is 2. The van der Waals surface area contributed by atoms with Crippen LogP contribution >= 0.6 is 0 Å². The number of fused-ring (bicyclic) bond motifs is 1. The molecule has 1 heterocycles. The molecule has 0 aliphatic heterocycles. The number of benzene rings is 1. The van der Waals surface area contributed by atoms with Crippen LogP contribution in [0.15, 0.2) is 29.1 Å². The summed E-state index contributed by atoms with van der Waals surface area (Å²) in [6.45, 7) is 3.75. The van der Waals surface area contributed by atoms with Gasteiger partial charge in [-0.25, -0.2) is 5.10 Å². The molecule has 1 atom stereocenters. The number of likely N-dealkylation sites (N-methyl/N-ethyl adjacent to an activating group) is 1. The van der Waals surface area contributed by atoms with Crippen molar-refractivity contribution < 1.29 is 14.3 Å². The minimum absolute atomic E-state index is 0.124. The Hall–Kier alpha value is -2.70. The summed E-state index contributed by atoms with van der Waals surface area (Å²) in [5, 5.41) is 9.87. The van der Waals surface area contributed by atoms with Gasteiger partial charge in [0.25, 0.3) is 11.5 Å². The van der Waals surface area contributed by atoms with Crippen molar-refractivity contribution >= 4 is 22.6 Å². The van der Waals surface area contributed by atoms with Crippen molar-refractivity contribution in [2.75, 3.05) is 6.54 Å². The number of hydrogen-bond donors (Lipinski definition) is 2. The standard InChI is InChI=1S/C15H17N3O4/c1-3-16-14(20)9(2)22-13(19)8-12-10-6-4-5-7-11(10)15(21)18-17-12/h4-7,9H,3,8H2,1-2H3,(H,16,20)(H,18,21)/t9-/m0/s1. The fraction of sp³-hybridized carbons (Fsp3) is 0.333. The monoisotopic (exact) mass is 303 g/mol. The summed E-state index contributed by atoms with van der Waals surface area (Å²) < 4.78 is 5.06. The van der Waals surface area contributed by atoms with E-state index >= 15 is 0 Å². The van der Waals surface area contributed by atoms with Crippen LogP contribution in [0, 0.1) is 0 Å². The van der Waals surface area contributed by atoms with Crippen LogP contribution in [0.5, 0.6) is 0 Å². The number of nitrogens with one attached hydrogen (secondary N) is 2. The molecule has 1 amide bonds. The number of amides is 1. The summed E-state index contributed by atoms with van der Waals surface area (Å²) in [5.74, 6) is -0.932. The molecule has 0 bridgehead atoms. The molecule has 0 saturated heterocycles. The zero-order chi connectivity index (χ0) is 16.1. The van der Waals surface area contributed by atoms with E-state index < -0.39 is 12.1 Å². The fourth-order valence-electron chi connectivity index (χ4n) is 2.05. The number of carbonyl (C=O) groups is 2. The number of nitrogens with zero attached hydrogens (tertiary/aromatic N) is 1. The number of hydrogen-bond acceptors (Lipinski definition) is 5. The molecule has 0 unspecified atom stereocenters. The molecule has 1 aromatic carbocycles. The Morgan fingerprint density at radius 3 is 2.68 bits per heavy atom. The molecular formula is C15H17N3O4. The summed E-state index contributed by atoms with van der Waals surface area (Å²) >= 11 is 0. The SMILES string of the molecule is CCNC(=O)[C@H](C)OC(=O)Cc1n[nH]c(=O)c2ccccc12. The molecule has 2 aromatic rings. The topological polar surface area (TPSA) is 101 Å². The lowest BCUT2D eigenvalue weighted by Gasteiger charge is -2.12. The number of aromatic nitrogens is 2. The smallest absolute Gasteiger partial charge is 0.312 e. The van der Waals surface area contributed by atoms with E-state index in [1.54, 1.807) is 31.2 Å². The second-order valence-electron chi connectivity index (χ2n) is 4.75. The molecule has 0 radical (unpaired) electrons. The van der Waals surface area contributed by atoms with Gasteiger partial charge < -0.3 is 10.1 Å². The van der Waals surface area contributed by atoms with Crippen LogP contribution in [0.3, 0.4) is 0 Å². The summed E-state index contributed by atoms with van der Waals surface area (Å²) in [5.41, 5.74) is 0.0895. The summed E-state index contributed by atoms with van der Waals surface area (Å²) in [7, 11) is 0. The van der Waals surface area contributed by atoms with Gasteiger partial charge in [-0.15, -0.1) is 0 Å². The normalized spacial score (nSPS) is 11.9. The van der Waals surface area contributed by atoms with Crippen LogP contribution in [0.25, 0.3) is 10.8 Å².